The molecule has 0 N–H and O–H groups in total. The number of benzene rings is 2. The Morgan fingerprint density at radius 3 is 2.52 bits per heavy atom. The molecule has 1 aromatic heterocycles. The SMILES string of the molecule is Cc1ccc(-n2c(SCc3ccccc3F)nnc2N2CCOCC2)cc1. The minimum Gasteiger partial charge on any atom is -0.378 e. The molecule has 0 saturated carbocycles. The largest absolute Gasteiger partial charge is 0.378 e. The number of halogens is 1. The predicted octanol–water partition coefficient (Wildman–Crippen LogP) is 3.84. The summed E-state index contributed by atoms with van der Waals surface area (Å²) in [5.41, 5.74) is 2.86. The topological polar surface area (TPSA) is 43.2 Å². The molecule has 0 radical (unpaired) electrons. The Morgan fingerprint density at radius 1 is 1.04 bits per heavy atom. The number of rotatable bonds is 5. The van der Waals surface area contributed by atoms with Gasteiger partial charge in [0.15, 0.2) is 5.16 Å². The summed E-state index contributed by atoms with van der Waals surface area (Å²) in [6, 6.07) is 15.1. The third-order valence-corrected chi connectivity index (χ3v) is 5.49. The van der Waals surface area contributed by atoms with E-state index in [1.54, 1.807) is 12.1 Å². The molecule has 0 aliphatic carbocycles. The zero-order valence-corrected chi connectivity index (χ0v) is 16.0. The molecule has 1 saturated heterocycles. The van der Waals surface area contributed by atoms with Crippen molar-refractivity contribution in [3.05, 3.63) is 65.5 Å². The van der Waals surface area contributed by atoms with Crippen molar-refractivity contribution in [1.29, 1.82) is 0 Å². The van der Waals surface area contributed by atoms with Crippen LogP contribution in [0.2, 0.25) is 0 Å². The molecule has 0 atom stereocenters. The average molecular weight is 384 g/mol. The Balaban J connectivity index is 1.67. The predicted molar refractivity (Wildman–Crippen MR) is 105 cm³/mol. The van der Waals surface area contributed by atoms with Crippen molar-refractivity contribution in [1.82, 2.24) is 14.8 Å². The number of thioether (sulfide) groups is 1. The van der Waals surface area contributed by atoms with E-state index in [1.165, 1.54) is 23.4 Å². The molecular formula is C20H21FN4OS. The summed E-state index contributed by atoms with van der Waals surface area (Å²) in [6.07, 6.45) is 0. The van der Waals surface area contributed by atoms with E-state index in [0.29, 0.717) is 24.5 Å². The normalized spacial score (nSPS) is 14.5. The van der Waals surface area contributed by atoms with Crippen molar-refractivity contribution in [2.24, 2.45) is 0 Å². The second-order valence-corrected chi connectivity index (χ2v) is 7.38. The summed E-state index contributed by atoms with van der Waals surface area (Å²) in [6.45, 7) is 4.98. The van der Waals surface area contributed by atoms with Crippen LogP contribution in [0.1, 0.15) is 11.1 Å². The van der Waals surface area contributed by atoms with E-state index in [0.717, 1.165) is 29.9 Å². The summed E-state index contributed by atoms with van der Waals surface area (Å²) < 4.78 is 21.5. The number of nitrogens with zero attached hydrogens (tertiary/aromatic N) is 4. The second-order valence-electron chi connectivity index (χ2n) is 6.43. The number of hydrogen-bond acceptors (Lipinski definition) is 5. The molecule has 0 unspecified atom stereocenters. The lowest BCUT2D eigenvalue weighted by Gasteiger charge is -2.28. The van der Waals surface area contributed by atoms with Gasteiger partial charge in [0, 0.05) is 18.8 Å². The molecule has 2 heterocycles. The molecule has 1 aliphatic heterocycles. The summed E-state index contributed by atoms with van der Waals surface area (Å²) in [7, 11) is 0. The Hall–Kier alpha value is -2.38. The molecule has 4 rings (SSSR count). The van der Waals surface area contributed by atoms with E-state index in [1.807, 2.05) is 6.07 Å². The molecule has 1 aliphatic rings. The van der Waals surface area contributed by atoms with Gasteiger partial charge in [0.25, 0.3) is 0 Å². The highest BCUT2D eigenvalue weighted by Gasteiger charge is 2.22. The van der Waals surface area contributed by atoms with Crippen molar-refractivity contribution in [3.8, 4) is 5.69 Å². The maximum Gasteiger partial charge on any atom is 0.232 e. The highest BCUT2D eigenvalue weighted by Crippen LogP contribution is 2.29. The minimum absolute atomic E-state index is 0.195. The average Bonchev–Trinajstić information content (AvgIpc) is 3.12. The van der Waals surface area contributed by atoms with Gasteiger partial charge in [-0.2, -0.15) is 0 Å². The molecule has 0 amide bonds. The first kappa shape index (κ1) is 18.0. The molecule has 0 spiro atoms. The van der Waals surface area contributed by atoms with Crippen molar-refractivity contribution >= 4 is 17.7 Å². The van der Waals surface area contributed by atoms with Gasteiger partial charge in [-0.25, -0.2) is 4.39 Å². The summed E-state index contributed by atoms with van der Waals surface area (Å²) in [5, 5.41) is 9.60. The van der Waals surface area contributed by atoms with Crippen LogP contribution in [0.5, 0.6) is 0 Å². The first-order chi connectivity index (χ1) is 13.2. The highest BCUT2D eigenvalue weighted by molar-refractivity contribution is 7.98. The lowest BCUT2D eigenvalue weighted by atomic mass is 10.2. The van der Waals surface area contributed by atoms with E-state index in [9.17, 15) is 4.39 Å². The van der Waals surface area contributed by atoms with Crippen molar-refractivity contribution < 1.29 is 9.13 Å². The Bertz CT molecular complexity index is 907. The fourth-order valence-corrected chi connectivity index (χ4v) is 3.93. The van der Waals surface area contributed by atoms with Crippen LogP contribution in [-0.2, 0) is 10.5 Å². The molecule has 5 nitrogen and oxygen atoms in total. The van der Waals surface area contributed by atoms with Gasteiger partial charge >= 0.3 is 0 Å². The van der Waals surface area contributed by atoms with Gasteiger partial charge in [0.05, 0.1) is 18.9 Å². The Kier molecular flexibility index (Phi) is 5.40. The number of hydrogen-bond donors (Lipinski definition) is 0. The van der Waals surface area contributed by atoms with Gasteiger partial charge in [0.2, 0.25) is 5.95 Å². The number of anilines is 1. The quantitative estimate of drug-likeness (QED) is 0.625. The minimum atomic E-state index is -0.195. The van der Waals surface area contributed by atoms with Crippen LogP contribution in [0.15, 0.2) is 53.7 Å². The Labute approximate surface area is 162 Å². The van der Waals surface area contributed by atoms with Crippen molar-refractivity contribution in [3.63, 3.8) is 0 Å². The molecule has 7 heteroatoms. The van der Waals surface area contributed by atoms with Crippen LogP contribution < -0.4 is 4.90 Å². The van der Waals surface area contributed by atoms with E-state index >= 15 is 0 Å². The van der Waals surface area contributed by atoms with Gasteiger partial charge < -0.3 is 9.64 Å². The van der Waals surface area contributed by atoms with Crippen LogP contribution in [0.25, 0.3) is 5.69 Å². The first-order valence-electron chi connectivity index (χ1n) is 8.94. The monoisotopic (exact) mass is 384 g/mol. The lowest BCUT2D eigenvalue weighted by molar-refractivity contribution is 0.122. The maximum atomic E-state index is 14.0. The third-order valence-electron chi connectivity index (χ3n) is 4.52. The molecule has 3 aromatic rings. The van der Waals surface area contributed by atoms with Crippen LogP contribution in [0.3, 0.4) is 0 Å². The molecule has 140 valence electrons. The second kappa shape index (κ2) is 8.10. The number of ether oxygens (including phenoxy) is 1. The van der Waals surface area contributed by atoms with Gasteiger partial charge in [0.1, 0.15) is 5.82 Å². The highest BCUT2D eigenvalue weighted by atomic mass is 32.2. The molecular weight excluding hydrogens is 363 g/mol. The van der Waals surface area contributed by atoms with Gasteiger partial charge in [-0.05, 0) is 30.7 Å². The maximum absolute atomic E-state index is 14.0. The fraction of sp³-hybridized carbons (Fsp3) is 0.300. The van der Waals surface area contributed by atoms with Gasteiger partial charge in [-0.1, -0.05) is 47.7 Å². The van der Waals surface area contributed by atoms with Crippen LogP contribution in [-0.4, -0.2) is 41.1 Å². The smallest absolute Gasteiger partial charge is 0.232 e. The Morgan fingerprint density at radius 2 is 1.78 bits per heavy atom. The van der Waals surface area contributed by atoms with E-state index in [4.69, 9.17) is 4.74 Å². The molecule has 0 bridgehead atoms. The molecule has 1 fully saturated rings. The van der Waals surface area contributed by atoms with Crippen LogP contribution >= 0.6 is 11.8 Å². The first-order valence-corrected chi connectivity index (χ1v) is 9.92. The standard InChI is InChI=1S/C20H21FN4OS/c1-15-6-8-17(9-7-15)25-19(24-10-12-26-13-11-24)22-23-20(25)27-14-16-4-2-3-5-18(16)21/h2-9H,10-14H2,1H3. The van der Waals surface area contributed by atoms with Crippen LogP contribution in [0, 0.1) is 12.7 Å². The molecule has 2 aromatic carbocycles. The third kappa shape index (κ3) is 3.99. The number of aromatic nitrogens is 3. The zero-order chi connectivity index (χ0) is 18.6. The molecule has 27 heavy (non-hydrogen) atoms. The van der Waals surface area contributed by atoms with Crippen molar-refractivity contribution in [2.75, 3.05) is 31.2 Å². The summed E-state index contributed by atoms with van der Waals surface area (Å²) in [5.74, 6) is 1.11. The van der Waals surface area contributed by atoms with E-state index < -0.39 is 0 Å². The summed E-state index contributed by atoms with van der Waals surface area (Å²) >= 11 is 1.49. The van der Waals surface area contributed by atoms with Gasteiger partial charge in [-0.15, -0.1) is 10.2 Å². The van der Waals surface area contributed by atoms with E-state index in [2.05, 4.69) is 50.9 Å². The van der Waals surface area contributed by atoms with Gasteiger partial charge in [-0.3, -0.25) is 4.57 Å². The fourth-order valence-electron chi connectivity index (χ4n) is 3.00. The number of morpholine rings is 1. The van der Waals surface area contributed by atoms with E-state index in [-0.39, 0.29) is 5.82 Å². The zero-order valence-electron chi connectivity index (χ0n) is 15.1. The lowest BCUT2D eigenvalue weighted by Crippen LogP contribution is -2.37. The summed E-state index contributed by atoms with van der Waals surface area (Å²) in [4.78, 5) is 2.18. The number of aryl methyl sites for hydroxylation is 1. The van der Waals surface area contributed by atoms with Crippen LogP contribution in [0.4, 0.5) is 10.3 Å². The van der Waals surface area contributed by atoms with Crippen molar-refractivity contribution in [2.45, 2.75) is 17.8 Å².